The normalized spacial score (nSPS) is 9.06. The number of rotatable bonds is 6. The van der Waals surface area contributed by atoms with E-state index in [4.69, 9.17) is 23.2 Å². The number of unbranched alkanes of at least 4 members (excludes halogenated alkanes) is 1. The number of nitroso groups, excluding NO2 is 1. The Morgan fingerprint density at radius 3 is 1.60 bits per heavy atom. The van der Waals surface area contributed by atoms with Crippen molar-refractivity contribution in [3.8, 4) is 0 Å². The maximum Gasteiger partial charge on any atom is 1.00 e. The summed E-state index contributed by atoms with van der Waals surface area (Å²) in [5, 5.41) is 8.28. The molecule has 0 aliphatic rings. The van der Waals surface area contributed by atoms with Gasteiger partial charge in [0.2, 0.25) is 0 Å². The number of para-hydroxylation sites is 2. The predicted octanol–water partition coefficient (Wildman–Crippen LogP) is 6.99. The zero-order valence-electron chi connectivity index (χ0n) is 27.6. The number of carbonyl (C=O) groups excluding carboxylic acids is 2. The summed E-state index contributed by atoms with van der Waals surface area (Å²) >= 11 is 15.0. The number of nitrogens with one attached hydrogen (secondary N) is 2. The molecule has 0 unspecified atom stereocenters. The minimum Gasteiger partial charge on any atom is -0.343 e. The molecule has 0 atom stereocenters. The van der Waals surface area contributed by atoms with Crippen LogP contribution in [-0.4, -0.2) is 33.0 Å². The summed E-state index contributed by atoms with van der Waals surface area (Å²) in [4.78, 5) is 48.1. The van der Waals surface area contributed by atoms with Crippen molar-refractivity contribution >= 4 is 86.6 Å². The van der Waals surface area contributed by atoms with Gasteiger partial charge in [0.15, 0.2) is 8.93 Å². The van der Waals surface area contributed by atoms with E-state index < -0.39 is 0 Å². The van der Waals surface area contributed by atoms with Gasteiger partial charge >= 0.3 is 25.1 Å². The molecule has 3 aromatic heterocycles. The van der Waals surface area contributed by atoms with Gasteiger partial charge < -0.3 is 17.6 Å². The van der Waals surface area contributed by atoms with Gasteiger partial charge in [-0.1, -0.05) is 95.9 Å². The molecule has 0 fully saturated rings. The second-order valence-electron chi connectivity index (χ2n) is 9.07. The summed E-state index contributed by atoms with van der Waals surface area (Å²) in [6.07, 6.45) is 9.29. The van der Waals surface area contributed by atoms with Gasteiger partial charge in [-0.2, -0.15) is 18.6 Å². The van der Waals surface area contributed by atoms with Crippen LogP contribution in [0.2, 0.25) is 8.93 Å². The number of nitrogens with zero attached hydrogens (tertiary/aromatic N) is 4. The van der Waals surface area contributed by atoms with Gasteiger partial charge in [-0.3, -0.25) is 9.59 Å². The summed E-state index contributed by atoms with van der Waals surface area (Å²) in [5.74, 6) is -0.294. The topological polar surface area (TPSA) is 128 Å². The molecule has 50 heavy (non-hydrogen) atoms. The molecule has 3 aromatic carbocycles. The standard InChI is InChI=1S/C11H10N2OS.C10H7ClN2OS.C7H5NO.C4H9.C3H2ClNS.Li/c1-8-12-7-10(15-8)11(14)13-9-5-3-2-4-6-9;11-10-12-6-8(15-10)9(14)13-7-4-2-1-3-5-7;9-8-6-7-4-2-1-3-5-7;1-3-4-2;4-3-5-1-2-6-3;/h2-7H,1H3,(H,13,14);1-6H,(H,13,14);1-5H;1,3-4H2,2H3;1-2H;/q;;;-1;;+1. The van der Waals surface area contributed by atoms with Crippen LogP contribution in [0.15, 0.2) is 115 Å². The Morgan fingerprint density at radius 1 is 0.780 bits per heavy atom. The van der Waals surface area contributed by atoms with E-state index in [1.165, 1.54) is 35.3 Å². The third kappa shape index (κ3) is 19.3. The average Bonchev–Trinajstić information content (AvgIpc) is 3.90. The van der Waals surface area contributed by atoms with E-state index in [9.17, 15) is 14.5 Å². The van der Waals surface area contributed by atoms with Crippen LogP contribution in [0.5, 0.6) is 0 Å². The maximum atomic E-state index is 11.7. The molecule has 0 saturated heterocycles. The van der Waals surface area contributed by atoms with Gasteiger partial charge in [-0.05, 0) is 31.2 Å². The zero-order valence-corrected chi connectivity index (χ0v) is 31.5. The molecule has 6 rings (SSSR count). The minimum atomic E-state index is -0.189. The summed E-state index contributed by atoms with van der Waals surface area (Å²) in [6.45, 7) is 7.60. The van der Waals surface area contributed by atoms with Crippen LogP contribution >= 0.6 is 57.2 Å². The molecule has 3 heterocycles. The van der Waals surface area contributed by atoms with Crippen molar-refractivity contribution in [3.63, 3.8) is 0 Å². The summed E-state index contributed by atoms with van der Waals surface area (Å²) in [6, 6.07) is 27.7. The third-order valence-corrected chi connectivity index (χ3v) is 8.26. The molecular formula is C35H33Cl2LiN6O3S3. The quantitative estimate of drug-likeness (QED) is 0.0816. The molecule has 0 bridgehead atoms. The van der Waals surface area contributed by atoms with Crippen LogP contribution in [0.4, 0.5) is 11.4 Å². The van der Waals surface area contributed by atoms with E-state index in [0.29, 0.717) is 24.3 Å². The van der Waals surface area contributed by atoms with E-state index in [2.05, 4.69) is 50.5 Å². The van der Waals surface area contributed by atoms with E-state index >= 15 is 0 Å². The van der Waals surface area contributed by atoms with Crippen molar-refractivity contribution < 1.29 is 28.4 Å². The van der Waals surface area contributed by atoms with Gasteiger partial charge in [-0.15, -0.1) is 34.8 Å². The maximum absolute atomic E-state index is 11.7. The fourth-order valence-corrected chi connectivity index (χ4v) is 5.10. The van der Waals surface area contributed by atoms with Crippen molar-refractivity contribution in [3.05, 3.63) is 156 Å². The van der Waals surface area contributed by atoms with E-state index in [1.807, 2.05) is 91.2 Å². The molecule has 9 nitrogen and oxygen atoms in total. The van der Waals surface area contributed by atoms with Crippen LogP contribution in [-0.2, 0) is 0 Å². The molecule has 0 aliphatic heterocycles. The Hall–Kier alpha value is -3.95. The first-order valence-corrected chi connectivity index (χ1v) is 17.8. The first-order chi connectivity index (χ1) is 23.7. The van der Waals surface area contributed by atoms with Crippen molar-refractivity contribution in [1.82, 2.24) is 19.8 Å². The van der Waals surface area contributed by atoms with Crippen LogP contribution in [0.25, 0.3) is 0 Å². The number of benzene rings is 3. The van der Waals surface area contributed by atoms with Gasteiger partial charge in [0.05, 0.1) is 17.4 Å². The number of hydrogen-bond donors (Lipinski definition) is 2. The Morgan fingerprint density at radius 2 is 1.26 bits per heavy atom. The molecule has 0 spiro atoms. The number of aryl methyl sites for hydroxylation is 1. The second kappa shape index (κ2) is 26.9. The van der Waals surface area contributed by atoms with Crippen molar-refractivity contribution in [1.29, 1.82) is 0 Å². The number of carbonyl (C=O) groups is 2. The molecule has 254 valence electrons. The van der Waals surface area contributed by atoms with Gasteiger partial charge in [0.1, 0.15) is 19.5 Å². The van der Waals surface area contributed by atoms with Gasteiger partial charge in [0, 0.05) is 23.0 Å². The van der Waals surface area contributed by atoms with Crippen molar-refractivity contribution in [2.24, 2.45) is 0 Å². The molecule has 15 heteroatoms. The Balaban J connectivity index is 0.000000334. The first kappa shape index (κ1) is 44.1. The minimum absolute atomic E-state index is 0. The average molecular weight is 760 g/mol. The Bertz CT molecular complexity index is 1730. The Kier molecular flexibility index (Phi) is 23.7. The number of aromatic nitrogens is 3. The molecule has 0 saturated carbocycles. The smallest absolute Gasteiger partial charge is 0.343 e. The predicted molar refractivity (Wildman–Crippen MR) is 206 cm³/mol. The zero-order chi connectivity index (χ0) is 35.7. The molecule has 2 amide bonds. The van der Waals surface area contributed by atoms with Crippen LogP contribution < -0.4 is 34.3 Å². The first-order valence-electron chi connectivity index (χ1n) is 14.5. The van der Waals surface area contributed by atoms with E-state index in [0.717, 1.165) is 34.1 Å². The summed E-state index contributed by atoms with van der Waals surface area (Å²) in [5.41, 5.74) is 2.27. The van der Waals surface area contributed by atoms with Crippen LogP contribution in [0.1, 0.15) is 49.7 Å². The largest absolute Gasteiger partial charge is 1.00 e. The van der Waals surface area contributed by atoms with Crippen LogP contribution in [0.3, 0.4) is 0 Å². The monoisotopic (exact) mass is 758 g/mol. The number of halogens is 2. The van der Waals surface area contributed by atoms with Gasteiger partial charge in [-0.25, -0.2) is 15.0 Å². The molecule has 2 N–H and O–H groups in total. The summed E-state index contributed by atoms with van der Waals surface area (Å²) < 4.78 is 0.975. The number of thiazole rings is 3. The molecule has 6 aromatic rings. The molecule has 0 radical (unpaired) electrons. The molecular weight excluding hydrogens is 726 g/mol. The van der Waals surface area contributed by atoms with Crippen LogP contribution in [0, 0.1) is 18.8 Å². The third-order valence-electron chi connectivity index (χ3n) is 5.31. The number of anilines is 2. The fraction of sp³-hybridized carbons (Fsp3) is 0.114. The molecule has 0 aliphatic carbocycles. The van der Waals surface area contributed by atoms with E-state index in [-0.39, 0.29) is 30.7 Å². The van der Waals surface area contributed by atoms with E-state index in [1.54, 1.807) is 24.5 Å². The van der Waals surface area contributed by atoms with Crippen molar-refractivity contribution in [2.45, 2.75) is 26.7 Å². The second-order valence-corrected chi connectivity index (χ2v) is 13.4. The fourth-order valence-electron chi connectivity index (χ4n) is 3.02. The number of hydrogen-bond acceptors (Lipinski definition) is 9. The summed E-state index contributed by atoms with van der Waals surface area (Å²) in [7, 11) is 0. The van der Waals surface area contributed by atoms with Gasteiger partial charge in [0.25, 0.3) is 11.8 Å². The SMILES string of the molecule is Cc1ncc(C(=O)Nc2ccccc2)s1.Clc1nccs1.O=C(Nc1ccccc1)c1cnc(Cl)s1.O=[N+]=[C-]c1ccccc1.[CH2-]CCC.[Li+]. The Labute approximate surface area is 326 Å². The van der Waals surface area contributed by atoms with Crippen molar-refractivity contribution in [2.75, 3.05) is 10.6 Å². The number of amides is 2.